The molecule has 0 saturated heterocycles. The maximum atomic E-state index is 11.0. The molecule has 88 valence electrons. The Labute approximate surface area is 92.1 Å². The minimum Gasteiger partial charge on any atom is -0.464 e. The number of ether oxygens (including phenoxy) is 1. The van der Waals surface area contributed by atoms with E-state index >= 15 is 0 Å². The minimum atomic E-state index is -1.27. The predicted octanol–water partition coefficient (Wildman–Crippen LogP) is -0.745. The average molecular weight is 227 g/mol. The first-order valence-corrected chi connectivity index (χ1v) is 4.61. The zero-order chi connectivity index (χ0) is 12.1. The van der Waals surface area contributed by atoms with Crippen LogP contribution in [0.1, 0.15) is 22.2 Å². The summed E-state index contributed by atoms with van der Waals surface area (Å²) < 4.78 is 4.45. The molecule has 1 aromatic rings. The summed E-state index contributed by atoms with van der Waals surface area (Å²) in [5.74, 6) is -0.580. The Hall–Kier alpha value is -1.50. The van der Waals surface area contributed by atoms with Crippen molar-refractivity contribution in [3.8, 4) is 0 Å². The minimum absolute atomic E-state index is 0.108. The van der Waals surface area contributed by atoms with Crippen molar-refractivity contribution in [3.63, 3.8) is 0 Å². The summed E-state index contributed by atoms with van der Waals surface area (Å²) in [5.41, 5.74) is 0.422. The molecule has 2 atom stereocenters. The summed E-state index contributed by atoms with van der Waals surface area (Å²) in [5, 5.41) is 27.3. The van der Waals surface area contributed by atoms with Gasteiger partial charge >= 0.3 is 5.97 Å². The lowest BCUT2D eigenvalue weighted by atomic mass is 10.1. The highest BCUT2D eigenvalue weighted by Gasteiger charge is 2.18. The summed E-state index contributed by atoms with van der Waals surface area (Å²) >= 11 is 0. The second-order valence-electron chi connectivity index (χ2n) is 3.16. The van der Waals surface area contributed by atoms with Gasteiger partial charge in [0.2, 0.25) is 0 Å². The van der Waals surface area contributed by atoms with E-state index < -0.39 is 24.8 Å². The van der Waals surface area contributed by atoms with Gasteiger partial charge in [-0.05, 0) is 6.07 Å². The molecule has 1 heterocycles. The largest absolute Gasteiger partial charge is 0.464 e. The van der Waals surface area contributed by atoms with Crippen LogP contribution in [0.2, 0.25) is 0 Å². The lowest BCUT2D eigenvalue weighted by molar-refractivity contribution is -0.0154. The van der Waals surface area contributed by atoms with E-state index in [1.165, 1.54) is 25.4 Å². The Kier molecular flexibility index (Phi) is 4.36. The van der Waals surface area contributed by atoms with E-state index in [9.17, 15) is 15.0 Å². The van der Waals surface area contributed by atoms with Gasteiger partial charge < -0.3 is 20.1 Å². The highest BCUT2D eigenvalue weighted by Crippen LogP contribution is 2.15. The van der Waals surface area contributed by atoms with Crippen molar-refractivity contribution in [3.05, 3.63) is 29.6 Å². The molecule has 0 saturated carbocycles. The Bertz CT molecular complexity index is 351. The second-order valence-corrected chi connectivity index (χ2v) is 3.16. The van der Waals surface area contributed by atoms with Crippen LogP contribution in [0.4, 0.5) is 0 Å². The van der Waals surface area contributed by atoms with Gasteiger partial charge in [-0.1, -0.05) is 6.07 Å². The van der Waals surface area contributed by atoms with Crippen LogP contribution in [0.15, 0.2) is 18.3 Å². The standard InChI is InChI=1S/C10H13NO5/c1-16-10(15)7-3-2-6(4-11-7)9(14)8(13)5-12/h2-4,8-9,12-14H,5H2,1H3. The third-order valence-corrected chi connectivity index (χ3v) is 2.07. The van der Waals surface area contributed by atoms with Crippen LogP contribution in [0.3, 0.4) is 0 Å². The number of aliphatic hydroxyl groups excluding tert-OH is 3. The van der Waals surface area contributed by atoms with Gasteiger partial charge in [0.05, 0.1) is 13.7 Å². The molecular weight excluding hydrogens is 214 g/mol. The molecule has 6 nitrogen and oxygen atoms in total. The third-order valence-electron chi connectivity index (χ3n) is 2.07. The highest BCUT2D eigenvalue weighted by molar-refractivity contribution is 5.86. The molecule has 0 aliphatic rings. The number of hydrogen-bond acceptors (Lipinski definition) is 6. The summed E-state index contributed by atoms with van der Waals surface area (Å²) in [7, 11) is 1.24. The molecule has 0 bridgehead atoms. The molecule has 1 aromatic heterocycles. The Balaban J connectivity index is 2.82. The number of methoxy groups -OCH3 is 1. The summed E-state index contributed by atoms with van der Waals surface area (Å²) in [6.07, 6.45) is -1.26. The number of carbonyl (C=O) groups is 1. The fourth-order valence-electron chi connectivity index (χ4n) is 1.13. The molecule has 6 heteroatoms. The molecule has 0 radical (unpaired) electrons. The van der Waals surface area contributed by atoms with Crippen LogP contribution >= 0.6 is 0 Å². The maximum Gasteiger partial charge on any atom is 0.356 e. The quantitative estimate of drug-likeness (QED) is 0.585. The van der Waals surface area contributed by atoms with Crippen molar-refractivity contribution in [1.82, 2.24) is 4.98 Å². The van der Waals surface area contributed by atoms with Crippen LogP contribution in [0.25, 0.3) is 0 Å². The first kappa shape index (κ1) is 12.6. The van der Waals surface area contributed by atoms with Crippen LogP contribution in [0, 0.1) is 0 Å². The van der Waals surface area contributed by atoms with Crippen LogP contribution < -0.4 is 0 Å². The van der Waals surface area contributed by atoms with Gasteiger partial charge in [0.1, 0.15) is 17.9 Å². The molecule has 0 aromatic carbocycles. The SMILES string of the molecule is COC(=O)c1ccc(C(O)C(O)CO)cn1. The van der Waals surface area contributed by atoms with E-state index in [-0.39, 0.29) is 5.69 Å². The van der Waals surface area contributed by atoms with Gasteiger partial charge in [-0.3, -0.25) is 0 Å². The molecule has 3 N–H and O–H groups in total. The third kappa shape index (κ3) is 2.75. The maximum absolute atomic E-state index is 11.0. The van der Waals surface area contributed by atoms with E-state index in [0.29, 0.717) is 5.56 Å². The molecule has 0 aliphatic heterocycles. The number of nitrogens with zero attached hydrogens (tertiary/aromatic N) is 1. The molecule has 16 heavy (non-hydrogen) atoms. The molecular formula is C10H13NO5. The van der Waals surface area contributed by atoms with E-state index in [0.717, 1.165) is 0 Å². The Morgan fingerprint density at radius 2 is 2.19 bits per heavy atom. The van der Waals surface area contributed by atoms with Crippen molar-refractivity contribution < 1.29 is 24.9 Å². The molecule has 1 rings (SSSR count). The molecule has 0 amide bonds. The van der Waals surface area contributed by atoms with Gasteiger partial charge in [0.15, 0.2) is 0 Å². The number of aliphatic hydroxyl groups is 3. The smallest absolute Gasteiger partial charge is 0.356 e. The van der Waals surface area contributed by atoms with Gasteiger partial charge in [0.25, 0.3) is 0 Å². The monoisotopic (exact) mass is 227 g/mol. The van der Waals surface area contributed by atoms with E-state index in [1.807, 2.05) is 0 Å². The first-order chi connectivity index (χ1) is 7.60. The zero-order valence-corrected chi connectivity index (χ0v) is 8.70. The average Bonchev–Trinajstić information content (AvgIpc) is 2.36. The Morgan fingerprint density at radius 3 is 2.62 bits per heavy atom. The van der Waals surface area contributed by atoms with Crippen molar-refractivity contribution in [2.45, 2.75) is 12.2 Å². The number of pyridine rings is 1. The summed E-state index contributed by atoms with van der Waals surface area (Å²) in [6.45, 7) is -0.556. The number of hydrogen-bond donors (Lipinski definition) is 3. The van der Waals surface area contributed by atoms with Crippen molar-refractivity contribution in [1.29, 1.82) is 0 Å². The van der Waals surface area contributed by atoms with Crippen molar-refractivity contribution >= 4 is 5.97 Å². The van der Waals surface area contributed by atoms with Gasteiger partial charge in [-0.2, -0.15) is 0 Å². The molecule has 0 fully saturated rings. The predicted molar refractivity (Wildman–Crippen MR) is 53.6 cm³/mol. The zero-order valence-electron chi connectivity index (χ0n) is 8.70. The second kappa shape index (κ2) is 5.55. The van der Waals surface area contributed by atoms with Crippen molar-refractivity contribution in [2.24, 2.45) is 0 Å². The molecule has 0 aliphatic carbocycles. The number of aromatic nitrogens is 1. The number of esters is 1. The van der Waals surface area contributed by atoms with E-state index in [2.05, 4.69) is 9.72 Å². The number of rotatable bonds is 4. The lowest BCUT2D eigenvalue weighted by Gasteiger charge is -2.15. The highest BCUT2D eigenvalue weighted by atomic mass is 16.5. The van der Waals surface area contributed by atoms with Crippen LogP contribution in [-0.4, -0.2) is 46.1 Å². The topological polar surface area (TPSA) is 99.9 Å². The number of carbonyl (C=O) groups excluding carboxylic acids is 1. The normalized spacial score (nSPS) is 14.2. The van der Waals surface area contributed by atoms with Crippen molar-refractivity contribution in [2.75, 3.05) is 13.7 Å². The van der Waals surface area contributed by atoms with Gasteiger partial charge in [-0.15, -0.1) is 0 Å². The molecule has 2 unspecified atom stereocenters. The fraction of sp³-hybridized carbons (Fsp3) is 0.400. The Morgan fingerprint density at radius 1 is 1.50 bits per heavy atom. The van der Waals surface area contributed by atoms with Gasteiger partial charge in [-0.25, -0.2) is 9.78 Å². The summed E-state index contributed by atoms with van der Waals surface area (Å²) in [4.78, 5) is 14.8. The molecule has 0 spiro atoms. The lowest BCUT2D eigenvalue weighted by Crippen LogP contribution is -2.22. The first-order valence-electron chi connectivity index (χ1n) is 4.61. The van der Waals surface area contributed by atoms with E-state index in [4.69, 9.17) is 5.11 Å². The van der Waals surface area contributed by atoms with E-state index in [1.54, 1.807) is 0 Å². The van der Waals surface area contributed by atoms with Gasteiger partial charge in [0, 0.05) is 11.8 Å². The van der Waals surface area contributed by atoms with Crippen LogP contribution in [0.5, 0.6) is 0 Å². The van der Waals surface area contributed by atoms with Crippen LogP contribution in [-0.2, 0) is 4.74 Å². The summed E-state index contributed by atoms with van der Waals surface area (Å²) in [6, 6.07) is 2.80. The fourth-order valence-corrected chi connectivity index (χ4v) is 1.13.